The number of allylic oxidation sites excluding steroid dienone is 1. The molecule has 0 aromatic carbocycles. The van der Waals surface area contributed by atoms with E-state index in [-0.39, 0.29) is 41.7 Å². The minimum atomic E-state index is -0.280. The Morgan fingerprint density at radius 2 is 2.26 bits per heavy atom. The lowest BCUT2D eigenvalue weighted by molar-refractivity contribution is -0.145. The van der Waals surface area contributed by atoms with Gasteiger partial charge in [-0.05, 0) is 55.7 Å². The van der Waals surface area contributed by atoms with Crippen LogP contribution in [0, 0.1) is 29.6 Å². The quantitative estimate of drug-likeness (QED) is 0.501. The van der Waals surface area contributed by atoms with Gasteiger partial charge in [0.1, 0.15) is 6.10 Å². The third kappa shape index (κ3) is 4.60. The molecule has 0 radical (unpaired) electrons. The van der Waals surface area contributed by atoms with Gasteiger partial charge in [0.2, 0.25) is 0 Å². The molecule has 1 aliphatic carbocycles. The molecule has 1 aromatic heterocycles. The van der Waals surface area contributed by atoms with E-state index in [0.29, 0.717) is 18.9 Å². The lowest BCUT2D eigenvalue weighted by atomic mass is 9.60. The number of alkyl halides is 1. The molecule has 3 rings (SSSR count). The smallest absolute Gasteiger partial charge is 0.309 e. The minimum Gasteiger partial charge on any atom is -0.466 e. The van der Waals surface area contributed by atoms with E-state index in [1.54, 1.807) is 6.20 Å². The number of pyridine rings is 1. The van der Waals surface area contributed by atoms with Crippen LogP contribution in [0.25, 0.3) is 6.08 Å². The van der Waals surface area contributed by atoms with E-state index in [1.165, 1.54) is 6.92 Å². The highest BCUT2D eigenvalue weighted by molar-refractivity contribution is 9.09. The van der Waals surface area contributed by atoms with Crippen molar-refractivity contribution in [3.63, 3.8) is 0 Å². The van der Waals surface area contributed by atoms with Gasteiger partial charge in [-0.1, -0.05) is 28.1 Å². The van der Waals surface area contributed by atoms with Crippen LogP contribution < -0.4 is 0 Å². The zero-order chi connectivity index (χ0) is 19.4. The third-order valence-electron chi connectivity index (χ3n) is 5.83. The number of rotatable bonds is 6. The fraction of sp³-hybridized carbons (Fsp3) is 0.571. The van der Waals surface area contributed by atoms with Crippen molar-refractivity contribution in [3.8, 4) is 0 Å². The Kier molecular flexibility index (Phi) is 6.68. The Morgan fingerprint density at radius 3 is 2.93 bits per heavy atom. The van der Waals surface area contributed by atoms with Crippen LogP contribution in [0.5, 0.6) is 0 Å². The molecule has 1 saturated carbocycles. The van der Waals surface area contributed by atoms with Gasteiger partial charge in [-0.3, -0.25) is 14.6 Å². The standard InChI is InChI=1S/C21H26BrNO4/c1-13-20-18(7-6-16-5-3-4-10-23-16)17(8-9-22)15(12-26-14(2)24)11-19(20)21(25)27-13/h3-7,10,13,15,17-20H,8-9,11-12H2,1-2H3/b7-6+/t13-,15-,17-,18+,19-,20+/m1/s1. The maximum atomic E-state index is 12.4. The summed E-state index contributed by atoms with van der Waals surface area (Å²) in [6.07, 6.45) is 7.56. The summed E-state index contributed by atoms with van der Waals surface area (Å²) in [5.74, 6) is 0.239. The Balaban J connectivity index is 1.90. The predicted octanol–water partition coefficient (Wildman–Crippen LogP) is 3.87. The van der Waals surface area contributed by atoms with Crippen LogP contribution in [0.4, 0.5) is 0 Å². The molecule has 0 spiro atoms. The average Bonchev–Trinajstić information content (AvgIpc) is 2.93. The van der Waals surface area contributed by atoms with Crippen LogP contribution >= 0.6 is 15.9 Å². The summed E-state index contributed by atoms with van der Waals surface area (Å²) in [7, 11) is 0. The van der Waals surface area contributed by atoms with Crippen LogP contribution in [0.2, 0.25) is 0 Å². The lowest BCUT2D eigenvalue weighted by Gasteiger charge is -2.43. The van der Waals surface area contributed by atoms with E-state index in [2.05, 4.69) is 27.0 Å². The molecule has 146 valence electrons. The summed E-state index contributed by atoms with van der Waals surface area (Å²) in [6, 6.07) is 5.81. The van der Waals surface area contributed by atoms with Gasteiger partial charge in [0.05, 0.1) is 18.2 Å². The number of carbonyl (C=O) groups excluding carboxylic acids is 2. The number of hydrogen-bond donors (Lipinski definition) is 0. The average molecular weight is 436 g/mol. The highest BCUT2D eigenvalue weighted by Gasteiger charge is 2.53. The molecule has 0 amide bonds. The molecule has 27 heavy (non-hydrogen) atoms. The van der Waals surface area contributed by atoms with E-state index in [1.807, 2.05) is 31.2 Å². The molecule has 2 fully saturated rings. The van der Waals surface area contributed by atoms with Gasteiger partial charge >= 0.3 is 11.9 Å². The zero-order valence-corrected chi connectivity index (χ0v) is 17.3. The fourth-order valence-corrected chi connectivity index (χ4v) is 5.22. The van der Waals surface area contributed by atoms with E-state index >= 15 is 0 Å². The zero-order valence-electron chi connectivity index (χ0n) is 15.7. The van der Waals surface area contributed by atoms with Crippen molar-refractivity contribution in [3.05, 3.63) is 36.2 Å². The fourth-order valence-electron chi connectivity index (χ4n) is 4.69. The first-order valence-electron chi connectivity index (χ1n) is 9.50. The van der Waals surface area contributed by atoms with Gasteiger partial charge in [-0.25, -0.2) is 0 Å². The molecule has 6 heteroatoms. The van der Waals surface area contributed by atoms with Gasteiger partial charge in [-0.2, -0.15) is 0 Å². The first-order chi connectivity index (χ1) is 13.0. The monoisotopic (exact) mass is 435 g/mol. The van der Waals surface area contributed by atoms with Crippen molar-refractivity contribution in [1.29, 1.82) is 0 Å². The van der Waals surface area contributed by atoms with Crippen molar-refractivity contribution >= 4 is 33.9 Å². The Morgan fingerprint density at radius 1 is 1.44 bits per heavy atom. The van der Waals surface area contributed by atoms with E-state index in [9.17, 15) is 9.59 Å². The topological polar surface area (TPSA) is 65.5 Å². The van der Waals surface area contributed by atoms with E-state index in [0.717, 1.165) is 17.4 Å². The van der Waals surface area contributed by atoms with Gasteiger partial charge in [0.15, 0.2) is 0 Å². The summed E-state index contributed by atoms with van der Waals surface area (Å²) in [4.78, 5) is 28.1. The van der Waals surface area contributed by atoms with Crippen molar-refractivity contribution < 1.29 is 19.1 Å². The lowest BCUT2D eigenvalue weighted by Crippen LogP contribution is -2.43. The second-order valence-corrected chi connectivity index (χ2v) is 8.25. The molecular weight excluding hydrogens is 410 g/mol. The highest BCUT2D eigenvalue weighted by atomic mass is 79.9. The number of aromatic nitrogens is 1. The molecule has 1 saturated heterocycles. The van der Waals surface area contributed by atoms with Crippen LogP contribution in [-0.4, -0.2) is 35.0 Å². The second-order valence-electron chi connectivity index (χ2n) is 7.46. The molecule has 2 heterocycles. The number of ether oxygens (including phenoxy) is 2. The van der Waals surface area contributed by atoms with Crippen LogP contribution in [0.3, 0.4) is 0 Å². The second kappa shape index (κ2) is 9.00. The van der Waals surface area contributed by atoms with E-state index < -0.39 is 0 Å². The van der Waals surface area contributed by atoms with Crippen molar-refractivity contribution in [1.82, 2.24) is 4.98 Å². The van der Waals surface area contributed by atoms with Crippen molar-refractivity contribution in [2.75, 3.05) is 11.9 Å². The normalized spacial score (nSPS) is 32.9. The summed E-state index contributed by atoms with van der Waals surface area (Å²) >= 11 is 3.57. The summed E-state index contributed by atoms with van der Waals surface area (Å²) in [5.41, 5.74) is 0.895. The SMILES string of the molecule is CC(=O)OC[C@H]1C[C@H]2C(=O)O[C@H](C)[C@H]2[C@@H](/C=C/c2ccccn2)[C@@H]1CCBr. The number of nitrogens with zero attached hydrogens (tertiary/aromatic N) is 1. The van der Waals surface area contributed by atoms with Crippen LogP contribution in [0.15, 0.2) is 30.5 Å². The van der Waals surface area contributed by atoms with E-state index in [4.69, 9.17) is 9.47 Å². The molecule has 0 unspecified atom stereocenters. The Hall–Kier alpha value is -1.69. The van der Waals surface area contributed by atoms with Gasteiger partial charge in [0, 0.05) is 24.4 Å². The van der Waals surface area contributed by atoms with Gasteiger partial charge < -0.3 is 9.47 Å². The summed E-state index contributed by atoms with van der Waals surface area (Å²) in [6.45, 7) is 3.77. The molecular formula is C21H26BrNO4. The maximum Gasteiger partial charge on any atom is 0.309 e. The molecule has 2 aliphatic rings. The number of esters is 2. The molecule has 5 nitrogen and oxygen atoms in total. The molecule has 0 N–H and O–H groups in total. The molecule has 6 atom stereocenters. The Bertz CT molecular complexity index is 693. The van der Waals surface area contributed by atoms with Gasteiger partial charge in [-0.15, -0.1) is 0 Å². The number of cyclic esters (lactones) is 1. The molecule has 1 aromatic rings. The largest absolute Gasteiger partial charge is 0.466 e. The van der Waals surface area contributed by atoms with Crippen LogP contribution in [0.1, 0.15) is 32.4 Å². The number of fused-ring (bicyclic) bond motifs is 1. The third-order valence-corrected chi connectivity index (χ3v) is 6.29. The van der Waals surface area contributed by atoms with Gasteiger partial charge in [0.25, 0.3) is 0 Å². The van der Waals surface area contributed by atoms with Crippen LogP contribution in [-0.2, 0) is 19.1 Å². The number of carbonyl (C=O) groups is 2. The van der Waals surface area contributed by atoms with Crippen molar-refractivity contribution in [2.24, 2.45) is 29.6 Å². The highest BCUT2D eigenvalue weighted by Crippen LogP contribution is 2.50. The predicted molar refractivity (Wildman–Crippen MR) is 106 cm³/mol. The molecule has 0 bridgehead atoms. The molecule has 1 aliphatic heterocycles. The Labute approximate surface area is 168 Å². The number of hydrogen-bond acceptors (Lipinski definition) is 5. The minimum absolute atomic E-state index is 0.103. The first kappa shape index (κ1) is 20.1. The maximum absolute atomic E-state index is 12.4. The summed E-state index contributed by atoms with van der Waals surface area (Å²) in [5, 5.41) is 0.864. The van der Waals surface area contributed by atoms with Crippen molar-refractivity contribution in [2.45, 2.75) is 32.8 Å². The number of halogens is 1. The summed E-state index contributed by atoms with van der Waals surface area (Å²) < 4.78 is 10.9. The first-order valence-corrected chi connectivity index (χ1v) is 10.6.